The van der Waals surface area contributed by atoms with Crippen LogP contribution in [0.4, 0.5) is 5.82 Å². The largest absolute Gasteiger partial charge is 0.465 e. The van der Waals surface area contributed by atoms with Gasteiger partial charge in [-0.15, -0.1) is 0 Å². The van der Waals surface area contributed by atoms with Crippen molar-refractivity contribution in [1.82, 2.24) is 9.88 Å². The Labute approximate surface area is 155 Å². The number of methoxy groups -OCH3 is 1. The van der Waals surface area contributed by atoms with Crippen LogP contribution in [-0.2, 0) is 17.8 Å². The van der Waals surface area contributed by atoms with Crippen LogP contribution in [0.15, 0.2) is 36.4 Å². The van der Waals surface area contributed by atoms with E-state index in [-0.39, 0.29) is 5.97 Å². The number of benzene rings is 1. The zero-order valence-corrected chi connectivity index (χ0v) is 15.6. The molecule has 1 aromatic heterocycles. The second kappa shape index (κ2) is 8.81. The van der Waals surface area contributed by atoms with Gasteiger partial charge in [-0.1, -0.05) is 30.7 Å². The SMILES string of the molecule is COC(=O)c1ccc(NCc2ccc(CN3CCCCC3)cc2)nc1C. The molecule has 2 heterocycles. The standard InChI is InChI=1S/C21H27N3O2/c1-16-19(21(25)26-2)10-11-20(23-16)22-14-17-6-8-18(9-7-17)15-24-12-4-3-5-13-24/h6-11H,3-5,12-15H2,1-2H3,(H,22,23). The molecular formula is C21H27N3O2. The smallest absolute Gasteiger partial charge is 0.339 e. The Morgan fingerprint density at radius 1 is 1.08 bits per heavy atom. The first-order valence-corrected chi connectivity index (χ1v) is 9.26. The van der Waals surface area contributed by atoms with Gasteiger partial charge in [0.15, 0.2) is 0 Å². The number of nitrogens with one attached hydrogen (secondary N) is 1. The number of hydrogen-bond acceptors (Lipinski definition) is 5. The van der Waals surface area contributed by atoms with Crippen molar-refractivity contribution in [1.29, 1.82) is 0 Å². The van der Waals surface area contributed by atoms with E-state index in [1.807, 2.05) is 13.0 Å². The molecule has 3 rings (SSSR count). The van der Waals surface area contributed by atoms with Gasteiger partial charge in [-0.05, 0) is 56.1 Å². The molecular weight excluding hydrogens is 326 g/mol. The lowest BCUT2D eigenvalue weighted by Crippen LogP contribution is -2.29. The summed E-state index contributed by atoms with van der Waals surface area (Å²) in [5, 5.41) is 3.31. The highest BCUT2D eigenvalue weighted by Crippen LogP contribution is 2.15. The van der Waals surface area contributed by atoms with E-state index in [4.69, 9.17) is 4.74 Å². The van der Waals surface area contributed by atoms with Gasteiger partial charge >= 0.3 is 5.97 Å². The summed E-state index contributed by atoms with van der Waals surface area (Å²) < 4.78 is 4.75. The lowest BCUT2D eigenvalue weighted by Gasteiger charge is -2.26. The molecule has 1 fully saturated rings. The molecule has 1 saturated heterocycles. The molecule has 0 bridgehead atoms. The number of esters is 1. The highest BCUT2D eigenvalue weighted by molar-refractivity contribution is 5.90. The molecule has 138 valence electrons. The summed E-state index contributed by atoms with van der Waals surface area (Å²) in [4.78, 5) is 18.6. The van der Waals surface area contributed by atoms with Crippen molar-refractivity contribution in [2.45, 2.75) is 39.3 Å². The number of likely N-dealkylation sites (tertiary alicyclic amines) is 1. The first-order chi connectivity index (χ1) is 12.7. The van der Waals surface area contributed by atoms with Crippen molar-refractivity contribution >= 4 is 11.8 Å². The highest BCUT2D eigenvalue weighted by atomic mass is 16.5. The van der Waals surface area contributed by atoms with Gasteiger partial charge in [-0.3, -0.25) is 4.90 Å². The maximum atomic E-state index is 11.6. The van der Waals surface area contributed by atoms with E-state index in [2.05, 4.69) is 39.5 Å². The summed E-state index contributed by atoms with van der Waals surface area (Å²) in [5.41, 5.74) is 3.75. The number of ether oxygens (including phenoxy) is 1. The monoisotopic (exact) mass is 353 g/mol. The molecule has 0 amide bonds. The average Bonchev–Trinajstić information content (AvgIpc) is 2.68. The molecule has 1 N–H and O–H groups in total. The number of pyridine rings is 1. The van der Waals surface area contributed by atoms with Gasteiger partial charge in [-0.25, -0.2) is 9.78 Å². The minimum Gasteiger partial charge on any atom is -0.465 e. The summed E-state index contributed by atoms with van der Waals surface area (Å²) >= 11 is 0. The number of carbonyl (C=O) groups is 1. The Morgan fingerprint density at radius 2 is 1.77 bits per heavy atom. The van der Waals surface area contributed by atoms with Crippen molar-refractivity contribution < 1.29 is 9.53 Å². The van der Waals surface area contributed by atoms with Crippen molar-refractivity contribution in [3.8, 4) is 0 Å². The Balaban J connectivity index is 1.54. The molecule has 0 spiro atoms. The zero-order valence-electron chi connectivity index (χ0n) is 15.6. The number of aryl methyl sites for hydroxylation is 1. The molecule has 0 saturated carbocycles. The second-order valence-corrected chi connectivity index (χ2v) is 6.83. The topological polar surface area (TPSA) is 54.5 Å². The number of rotatable bonds is 6. The molecule has 0 atom stereocenters. The predicted molar refractivity (Wildman–Crippen MR) is 103 cm³/mol. The summed E-state index contributed by atoms with van der Waals surface area (Å²) in [5.74, 6) is 0.401. The first-order valence-electron chi connectivity index (χ1n) is 9.26. The summed E-state index contributed by atoms with van der Waals surface area (Å²) in [6.45, 7) is 6.00. The van der Waals surface area contributed by atoms with Gasteiger partial charge < -0.3 is 10.1 Å². The van der Waals surface area contributed by atoms with Crippen LogP contribution in [0.5, 0.6) is 0 Å². The number of nitrogens with zero attached hydrogens (tertiary/aromatic N) is 2. The van der Waals surface area contributed by atoms with Crippen molar-refractivity contribution in [3.05, 3.63) is 58.8 Å². The number of carbonyl (C=O) groups excluding carboxylic acids is 1. The molecule has 1 aliphatic rings. The third-order valence-corrected chi connectivity index (χ3v) is 4.84. The van der Waals surface area contributed by atoms with E-state index in [1.165, 1.54) is 50.6 Å². The second-order valence-electron chi connectivity index (χ2n) is 6.83. The minimum atomic E-state index is -0.356. The third kappa shape index (κ3) is 4.82. The maximum Gasteiger partial charge on any atom is 0.339 e. The van der Waals surface area contributed by atoms with Gasteiger partial charge in [-0.2, -0.15) is 0 Å². The van der Waals surface area contributed by atoms with Gasteiger partial charge in [0.1, 0.15) is 5.82 Å². The summed E-state index contributed by atoms with van der Waals surface area (Å²) in [6, 6.07) is 12.3. The van der Waals surface area contributed by atoms with Crippen LogP contribution >= 0.6 is 0 Å². The molecule has 5 nitrogen and oxygen atoms in total. The van der Waals surface area contributed by atoms with E-state index in [0.29, 0.717) is 17.8 Å². The normalized spacial score (nSPS) is 14.8. The average molecular weight is 353 g/mol. The summed E-state index contributed by atoms with van der Waals surface area (Å²) in [6.07, 6.45) is 4.02. The third-order valence-electron chi connectivity index (χ3n) is 4.84. The quantitative estimate of drug-likeness (QED) is 0.801. The lowest BCUT2D eigenvalue weighted by atomic mass is 10.1. The lowest BCUT2D eigenvalue weighted by molar-refractivity contribution is 0.0599. The van der Waals surface area contributed by atoms with Crippen molar-refractivity contribution in [2.24, 2.45) is 0 Å². The minimum absolute atomic E-state index is 0.356. The van der Waals surface area contributed by atoms with Crippen LogP contribution < -0.4 is 5.32 Å². The van der Waals surface area contributed by atoms with Gasteiger partial charge in [0.05, 0.1) is 18.4 Å². The zero-order chi connectivity index (χ0) is 18.4. The maximum absolute atomic E-state index is 11.6. The van der Waals surface area contributed by atoms with Crippen LogP contribution in [0.25, 0.3) is 0 Å². The van der Waals surface area contributed by atoms with E-state index in [0.717, 1.165) is 12.4 Å². The Morgan fingerprint density at radius 3 is 2.42 bits per heavy atom. The Hall–Kier alpha value is -2.40. The Bertz CT molecular complexity index is 737. The molecule has 0 aliphatic carbocycles. The molecule has 5 heteroatoms. The van der Waals surface area contributed by atoms with Crippen molar-refractivity contribution in [3.63, 3.8) is 0 Å². The Kier molecular flexibility index (Phi) is 6.23. The van der Waals surface area contributed by atoms with Crippen molar-refractivity contribution in [2.75, 3.05) is 25.5 Å². The summed E-state index contributed by atoms with van der Waals surface area (Å²) in [7, 11) is 1.38. The molecule has 1 aromatic carbocycles. The number of aromatic nitrogens is 1. The fraction of sp³-hybridized carbons (Fsp3) is 0.429. The fourth-order valence-electron chi connectivity index (χ4n) is 3.32. The van der Waals surface area contributed by atoms with E-state index >= 15 is 0 Å². The first kappa shape index (κ1) is 18.4. The van der Waals surface area contributed by atoms with Crippen LogP contribution in [0.2, 0.25) is 0 Å². The van der Waals surface area contributed by atoms with Crippen LogP contribution in [0.3, 0.4) is 0 Å². The van der Waals surface area contributed by atoms with Gasteiger partial charge in [0.2, 0.25) is 0 Å². The number of piperidine rings is 1. The molecule has 1 aliphatic heterocycles. The van der Waals surface area contributed by atoms with Crippen LogP contribution in [0, 0.1) is 6.92 Å². The molecule has 26 heavy (non-hydrogen) atoms. The van der Waals surface area contributed by atoms with Crippen LogP contribution in [-0.4, -0.2) is 36.1 Å². The highest BCUT2D eigenvalue weighted by Gasteiger charge is 2.11. The fourth-order valence-corrected chi connectivity index (χ4v) is 3.32. The van der Waals surface area contributed by atoms with Gasteiger partial charge in [0.25, 0.3) is 0 Å². The molecule has 2 aromatic rings. The predicted octanol–water partition coefficient (Wildman–Crippen LogP) is 3.77. The van der Waals surface area contributed by atoms with E-state index in [1.54, 1.807) is 6.07 Å². The van der Waals surface area contributed by atoms with E-state index in [9.17, 15) is 4.79 Å². The van der Waals surface area contributed by atoms with Crippen LogP contribution in [0.1, 0.15) is 46.4 Å². The van der Waals surface area contributed by atoms with E-state index < -0.39 is 0 Å². The molecule has 0 radical (unpaired) electrons. The van der Waals surface area contributed by atoms with Gasteiger partial charge in [0, 0.05) is 13.1 Å². The molecule has 0 unspecified atom stereocenters. The number of anilines is 1. The number of hydrogen-bond donors (Lipinski definition) is 1.